The van der Waals surface area contributed by atoms with Gasteiger partial charge in [0, 0.05) is 54.5 Å². The highest BCUT2D eigenvalue weighted by Crippen LogP contribution is 2.39. The minimum absolute atomic E-state index is 0.0114. The number of halogens is 1. The number of aromatic nitrogens is 8. The summed E-state index contributed by atoms with van der Waals surface area (Å²) in [5.41, 5.74) is 1.65. The maximum atomic E-state index is 12.4. The number of nitrogens with one attached hydrogen (secondary N) is 2. The van der Waals surface area contributed by atoms with Gasteiger partial charge in [-0.3, -0.25) is 4.55 Å². The molecule has 8 bridgehead atoms. The average Bonchev–Trinajstić information content (AvgIpc) is 3.85. The van der Waals surface area contributed by atoms with Gasteiger partial charge in [-0.15, -0.1) is 0 Å². The summed E-state index contributed by atoms with van der Waals surface area (Å²) in [7, 11) is -3.15. The number of aromatic amines is 2. The largest absolute Gasteiger partial charge is 0.324 e. The first kappa shape index (κ1) is 34.4. The average molecular weight is 821 g/mol. The van der Waals surface area contributed by atoms with Crippen LogP contribution in [0, 0.1) is 0 Å². The van der Waals surface area contributed by atoms with Crippen molar-refractivity contribution in [3.05, 3.63) is 72.8 Å². The number of rotatable bonds is 4. The van der Waals surface area contributed by atoms with Gasteiger partial charge in [0.2, 0.25) is 0 Å². The maximum absolute atomic E-state index is 12.4. The van der Waals surface area contributed by atoms with Crippen LogP contribution in [-0.4, -0.2) is 78.8 Å². The topological polar surface area (TPSA) is 272 Å². The molecule has 2 unspecified atom stereocenters. The summed E-state index contributed by atoms with van der Waals surface area (Å²) in [5, 5.41) is 1.50. The molecule has 4 aromatic carbocycles. The van der Waals surface area contributed by atoms with E-state index in [4.69, 9.17) is 30.6 Å². The smallest absolute Gasteiger partial charge is 0.294 e. The van der Waals surface area contributed by atoms with Gasteiger partial charge < -0.3 is 19.1 Å². The fraction of sp³-hybridized carbons (Fsp3) is 0. The van der Waals surface area contributed by atoms with Gasteiger partial charge in [0.1, 0.15) is 22.6 Å². The Morgan fingerprint density at radius 2 is 0.889 bits per heavy atom. The quantitative estimate of drug-likeness (QED) is 0.0867. The van der Waals surface area contributed by atoms with Crippen molar-refractivity contribution in [1.29, 1.82) is 0 Å². The second-order valence-corrected chi connectivity index (χ2v) is 17.8. The normalized spacial score (nSPS) is 13.9. The van der Waals surface area contributed by atoms with Crippen molar-refractivity contribution in [1.82, 2.24) is 39.9 Å². The molecule has 0 fully saturated rings. The fourth-order valence-corrected chi connectivity index (χ4v) is 8.33. The summed E-state index contributed by atoms with van der Waals surface area (Å²) in [6.07, 6.45) is 0. The molecule has 17 nitrogen and oxygen atoms in total. The van der Waals surface area contributed by atoms with E-state index in [0.717, 1.165) is 0 Å². The Bertz CT molecular complexity index is 3100. The summed E-state index contributed by atoms with van der Waals surface area (Å²) >= 11 is -4.76. The number of hydrogen-bond acceptors (Lipinski definition) is 12. The van der Waals surface area contributed by atoms with Crippen LogP contribution in [0.5, 0.6) is 0 Å². The first-order valence-corrected chi connectivity index (χ1v) is 21.1. The van der Waals surface area contributed by atoms with Crippen LogP contribution in [0.15, 0.2) is 92.4 Å². The van der Waals surface area contributed by atoms with Gasteiger partial charge in [-0.1, -0.05) is 0 Å². The van der Waals surface area contributed by atoms with Gasteiger partial charge >= 0.3 is 0 Å². The van der Waals surface area contributed by atoms with Crippen LogP contribution in [0.25, 0.3) is 89.7 Å². The Kier molecular flexibility index (Phi) is 7.68. The van der Waals surface area contributed by atoms with E-state index in [9.17, 15) is 38.9 Å². The Labute approximate surface area is 311 Å². The lowest BCUT2D eigenvalue weighted by Crippen LogP contribution is -1.98. The molecule has 0 saturated heterocycles. The number of benzene rings is 4. The van der Waals surface area contributed by atoms with Crippen molar-refractivity contribution in [3.63, 3.8) is 0 Å². The van der Waals surface area contributed by atoms with Gasteiger partial charge in [0.25, 0.3) is 19.2 Å². The van der Waals surface area contributed by atoms with Crippen molar-refractivity contribution in [2.45, 2.75) is 19.6 Å². The Morgan fingerprint density at radius 1 is 0.500 bits per heavy atom. The molecule has 270 valence electrons. The molecule has 2 aliphatic rings. The second-order valence-electron chi connectivity index (χ2n) is 11.9. The van der Waals surface area contributed by atoms with Crippen molar-refractivity contribution in [3.8, 4) is 45.6 Å². The highest BCUT2D eigenvalue weighted by Gasteiger charge is 2.26. The second kappa shape index (κ2) is 12.1. The number of H-pyrrole nitrogens is 2. The molecule has 0 spiro atoms. The van der Waals surface area contributed by atoms with Crippen LogP contribution in [0.3, 0.4) is 0 Å². The summed E-state index contributed by atoms with van der Waals surface area (Å²) in [6, 6.07) is 16.5. The van der Waals surface area contributed by atoms with E-state index in [1.165, 1.54) is 72.8 Å². The fourth-order valence-electron chi connectivity index (χ4n) is 6.24. The zero-order valence-electron chi connectivity index (χ0n) is 26.4. The van der Waals surface area contributed by atoms with E-state index >= 15 is 0 Å². The third-order valence-electron chi connectivity index (χ3n) is 8.70. The van der Waals surface area contributed by atoms with Gasteiger partial charge in [0.05, 0.1) is 19.6 Å². The number of fused-ring (bicyclic) bond motifs is 20. The summed E-state index contributed by atoms with van der Waals surface area (Å²) in [4.78, 5) is 33.8. The van der Waals surface area contributed by atoms with E-state index in [2.05, 4.69) is 19.9 Å². The first-order valence-electron chi connectivity index (χ1n) is 15.2. The van der Waals surface area contributed by atoms with Crippen LogP contribution < -0.4 is 0 Å². The van der Waals surface area contributed by atoms with Crippen LogP contribution in [0.2, 0.25) is 0 Å². The van der Waals surface area contributed by atoms with E-state index in [0.29, 0.717) is 32.7 Å². The summed E-state index contributed by atoms with van der Waals surface area (Å²) in [5.74, 6) is 0.0863. The van der Waals surface area contributed by atoms with E-state index < -0.39 is 46.2 Å². The number of hydrogen-bond donors (Lipinski definition) is 5. The standard InChI is InChI=1S/C32H17ClN8O9S4/c33-53(46,47)15-3-7-19-23(11-15)31-38-25-17-5-1-13(51(42)43)9-21(17)30(34-25)37-28-20-8-4-16(54(48,49)50)12-24(20)32(41-28)39-26-18-6-2-14(52(44)45)10-22(18)29(35-26)36-27(19)40-31/h1-12H,(H,42,43)(H,44,45)(H,48,49,50)(H2,34,35,36,37,38,39,40,41). The highest BCUT2D eigenvalue weighted by molar-refractivity contribution is 8.13. The molecule has 2 aliphatic heterocycles. The molecule has 54 heavy (non-hydrogen) atoms. The van der Waals surface area contributed by atoms with Crippen molar-refractivity contribution in [2.75, 3.05) is 0 Å². The molecule has 0 radical (unpaired) electrons. The third-order valence-corrected chi connectivity index (χ3v) is 12.2. The molecule has 0 aliphatic carbocycles. The van der Waals surface area contributed by atoms with E-state index in [1.807, 2.05) is 0 Å². The summed E-state index contributed by atoms with van der Waals surface area (Å²) in [6.45, 7) is 0. The van der Waals surface area contributed by atoms with Crippen LogP contribution in [0.1, 0.15) is 0 Å². The Hall–Kier alpha value is -5.39. The minimum atomic E-state index is -4.66. The minimum Gasteiger partial charge on any atom is -0.324 e. The van der Waals surface area contributed by atoms with Crippen molar-refractivity contribution < 1.29 is 38.9 Å². The van der Waals surface area contributed by atoms with Gasteiger partial charge in [-0.25, -0.2) is 46.7 Å². The molecule has 3 aromatic heterocycles. The molecule has 2 atom stereocenters. The van der Waals surface area contributed by atoms with Crippen LogP contribution in [-0.2, 0) is 41.3 Å². The van der Waals surface area contributed by atoms with Crippen molar-refractivity contribution >= 4 is 96.1 Å². The molecule has 7 aromatic rings. The lowest BCUT2D eigenvalue weighted by molar-refractivity contribution is 0.483. The predicted octanol–water partition coefficient (Wildman–Crippen LogP) is 5.20. The zero-order valence-corrected chi connectivity index (χ0v) is 30.4. The third kappa shape index (κ3) is 5.68. The van der Waals surface area contributed by atoms with Gasteiger partial charge in [-0.2, -0.15) is 8.42 Å². The molecule has 9 rings (SSSR count). The lowest BCUT2D eigenvalue weighted by Gasteiger charge is -2.01. The van der Waals surface area contributed by atoms with Gasteiger partial charge in [-0.05, 0) is 72.8 Å². The molecule has 0 amide bonds. The molecule has 0 saturated carbocycles. The highest BCUT2D eigenvalue weighted by atomic mass is 35.7. The first-order chi connectivity index (χ1) is 25.6. The molecule has 5 N–H and O–H groups in total. The number of nitrogens with zero attached hydrogens (tertiary/aromatic N) is 6. The maximum Gasteiger partial charge on any atom is 0.294 e. The predicted molar refractivity (Wildman–Crippen MR) is 197 cm³/mol. The van der Waals surface area contributed by atoms with Crippen molar-refractivity contribution in [2.24, 2.45) is 0 Å². The van der Waals surface area contributed by atoms with Crippen LogP contribution in [0.4, 0.5) is 0 Å². The Morgan fingerprint density at radius 3 is 1.30 bits per heavy atom. The van der Waals surface area contributed by atoms with Crippen LogP contribution >= 0.6 is 10.7 Å². The SMILES string of the molecule is O=S(O)c1ccc2c3nc4nc(nc5[nH]c(nc6nc(nc([nH]3)c2c1)-c1ccc(S(=O)(=O)O)cc1-6)c1ccc(S(=O)O)cc51)-c1ccc(S(=O)(=O)Cl)cc1-4. The van der Waals surface area contributed by atoms with Gasteiger partial charge in [0.15, 0.2) is 45.5 Å². The zero-order chi connectivity index (χ0) is 37.8. The van der Waals surface area contributed by atoms with E-state index in [1.54, 1.807) is 0 Å². The Balaban J connectivity index is 1.49. The molecule has 22 heteroatoms. The molecule has 5 heterocycles. The molecular formula is C32H17ClN8O9S4. The van der Waals surface area contributed by atoms with E-state index in [-0.39, 0.29) is 71.7 Å². The lowest BCUT2D eigenvalue weighted by atomic mass is 10.1. The monoisotopic (exact) mass is 820 g/mol. The molecular weight excluding hydrogens is 804 g/mol. The summed E-state index contributed by atoms with van der Waals surface area (Å²) < 4.78 is 103.